The van der Waals surface area contributed by atoms with Crippen molar-refractivity contribution in [3.8, 4) is 11.4 Å². The Kier molecular flexibility index (Phi) is 7.04. The van der Waals surface area contributed by atoms with E-state index in [1.165, 1.54) is 43.0 Å². The Bertz CT molecular complexity index is 1380. The summed E-state index contributed by atoms with van der Waals surface area (Å²) in [5, 5.41) is 2.72. The van der Waals surface area contributed by atoms with E-state index in [4.69, 9.17) is 0 Å². The standard InChI is InChI=1S/C23H21FN6O3S/c24-19-5-2-4-17(10-19)22-26-12-18(13-27-22)23(31)28-11-16-3-1-6-21(9-16)34(32,33)30-8-7-20-14-25-15-29-20/h1-6,9-10,12-15,30H,7-8,11H2,(H,25,29)(H,28,31). The number of carbonyl (C=O) groups is 1. The van der Waals surface area contributed by atoms with Crippen molar-refractivity contribution in [2.45, 2.75) is 17.9 Å². The number of aromatic amines is 1. The minimum Gasteiger partial charge on any atom is -0.351 e. The third-order valence-electron chi connectivity index (χ3n) is 4.89. The molecule has 2 aromatic heterocycles. The second kappa shape index (κ2) is 10.3. The highest BCUT2D eigenvalue weighted by molar-refractivity contribution is 7.89. The zero-order valence-electron chi connectivity index (χ0n) is 17.9. The lowest BCUT2D eigenvalue weighted by atomic mass is 10.2. The van der Waals surface area contributed by atoms with E-state index >= 15 is 0 Å². The molecule has 0 aliphatic carbocycles. The summed E-state index contributed by atoms with van der Waals surface area (Å²) in [5.41, 5.74) is 2.10. The normalized spacial score (nSPS) is 11.3. The number of halogens is 1. The maximum Gasteiger partial charge on any atom is 0.254 e. The van der Waals surface area contributed by atoms with Crippen molar-refractivity contribution in [3.63, 3.8) is 0 Å². The largest absolute Gasteiger partial charge is 0.351 e. The summed E-state index contributed by atoms with van der Waals surface area (Å²) in [6.07, 6.45) is 6.40. The Labute approximate surface area is 195 Å². The van der Waals surface area contributed by atoms with E-state index in [-0.39, 0.29) is 23.5 Å². The van der Waals surface area contributed by atoms with Gasteiger partial charge in [-0.05, 0) is 29.8 Å². The highest BCUT2D eigenvalue weighted by atomic mass is 32.2. The van der Waals surface area contributed by atoms with Gasteiger partial charge in [-0.3, -0.25) is 4.79 Å². The smallest absolute Gasteiger partial charge is 0.254 e. The Morgan fingerprint density at radius 2 is 1.82 bits per heavy atom. The summed E-state index contributed by atoms with van der Waals surface area (Å²) in [6, 6.07) is 12.2. The van der Waals surface area contributed by atoms with Crippen LogP contribution >= 0.6 is 0 Å². The molecular formula is C23H21FN6O3S. The molecule has 2 heterocycles. The number of hydrogen-bond acceptors (Lipinski definition) is 6. The monoisotopic (exact) mass is 480 g/mol. The predicted octanol–water partition coefficient (Wildman–Crippen LogP) is 2.46. The zero-order chi connectivity index (χ0) is 24.0. The van der Waals surface area contributed by atoms with E-state index in [1.807, 2.05) is 0 Å². The quantitative estimate of drug-likeness (QED) is 0.337. The average Bonchev–Trinajstić information content (AvgIpc) is 3.36. The molecule has 0 saturated heterocycles. The third-order valence-corrected chi connectivity index (χ3v) is 6.35. The molecular weight excluding hydrogens is 459 g/mol. The van der Waals surface area contributed by atoms with E-state index in [9.17, 15) is 17.6 Å². The van der Waals surface area contributed by atoms with Crippen LogP contribution in [0.1, 0.15) is 21.6 Å². The molecule has 4 rings (SSSR count). The molecule has 0 fully saturated rings. The minimum atomic E-state index is -3.71. The van der Waals surface area contributed by atoms with Crippen LogP contribution in [-0.2, 0) is 23.0 Å². The lowest BCUT2D eigenvalue weighted by Gasteiger charge is -2.09. The molecule has 0 atom stereocenters. The van der Waals surface area contributed by atoms with Crippen LogP contribution in [0, 0.1) is 5.82 Å². The second-order valence-electron chi connectivity index (χ2n) is 7.34. The van der Waals surface area contributed by atoms with Crippen LogP contribution in [0.2, 0.25) is 0 Å². The molecule has 0 spiro atoms. The molecule has 2 aromatic carbocycles. The number of sulfonamides is 1. The molecule has 11 heteroatoms. The Balaban J connectivity index is 1.35. The van der Waals surface area contributed by atoms with Gasteiger partial charge in [-0.1, -0.05) is 24.3 Å². The Morgan fingerprint density at radius 3 is 2.56 bits per heavy atom. The molecule has 34 heavy (non-hydrogen) atoms. The number of rotatable bonds is 9. The van der Waals surface area contributed by atoms with Gasteiger partial charge in [0.25, 0.3) is 5.91 Å². The van der Waals surface area contributed by atoms with Gasteiger partial charge in [-0.25, -0.2) is 32.5 Å². The highest BCUT2D eigenvalue weighted by Crippen LogP contribution is 2.16. The summed E-state index contributed by atoms with van der Waals surface area (Å²) in [5.74, 6) is -0.523. The summed E-state index contributed by atoms with van der Waals surface area (Å²) in [7, 11) is -3.71. The fraction of sp³-hybridized carbons (Fsp3) is 0.130. The molecule has 174 valence electrons. The zero-order valence-corrected chi connectivity index (χ0v) is 18.7. The molecule has 3 N–H and O–H groups in total. The van der Waals surface area contributed by atoms with Gasteiger partial charge in [0.1, 0.15) is 5.82 Å². The molecule has 4 aromatic rings. The van der Waals surface area contributed by atoms with E-state index in [2.05, 4.69) is 30.0 Å². The number of amides is 1. The van der Waals surface area contributed by atoms with E-state index in [1.54, 1.807) is 30.5 Å². The van der Waals surface area contributed by atoms with Crippen LogP contribution in [-0.4, -0.2) is 40.8 Å². The molecule has 0 aliphatic rings. The Hall–Kier alpha value is -3.96. The maximum atomic E-state index is 13.4. The highest BCUT2D eigenvalue weighted by Gasteiger charge is 2.15. The Morgan fingerprint density at radius 1 is 1.03 bits per heavy atom. The third kappa shape index (κ3) is 5.88. The second-order valence-corrected chi connectivity index (χ2v) is 9.11. The maximum absolute atomic E-state index is 13.4. The predicted molar refractivity (Wildman–Crippen MR) is 123 cm³/mol. The lowest BCUT2D eigenvalue weighted by Crippen LogP contribution is -2.26. The van der Waals surface area contributed by atoms with Gasteiger partial charge in [-0.2, -0.15) is 0 Å². The van der Waals surface area contributed by atoms with E-state index in [0.717, 1.165) is 5.69 Å². The molecule has 9 nitrogen and oxygen atoms in total. The number of H-pyrrole nitrogens is 1. The number of nitrogens with one attached hydrogen (secondary N) is 3. The van der Waals surface area contributed by atoms with Crippen molar-refractivity contribution in [1.82, 2.24) is 30.0 Å². The van der Waals surface area contributed by atoms with Gasteiger partial charge in [-0.15, -0.1) is 0 Å². The summed E-state index contributed by atoms with van der Waals surface area (Å²) >= 11 is 0. The summed E-state index contributed by atoms with van der Waals surface area (Å²) in [4.78, 5) is 27.7. The van der Waals surface area contributed by atoms with Gasteiger partial charge in [0.2, 0.25) is 10.0 Å². The first-order chi connectivity index (χ1) is 16.4. The molecule has 0 aliphatic heterocycles. The first kappa shape index (κ1) is 23.2. The summed E-state index contributed by atoms with van der Waals surface area (Å²) in [6.45, 7) is 0.320. The van der Waals surface area contributed by atoms with Crippen molar-refractivity contribution in [1.29, 1.82) is 0 Å². The van der Waals surface area contributed by atoms with Crippen LogP contribution in [0.25, 0.3) is 11.4 Å². The van der Waals surface area contributed by atoms with Crippen LogP contribution in [0.5, 0.6) is 0 Å². The van der Waals surface area contributed by atoms with Crippen LogP contribution in [0.3, 0.4) is 0 Å². The summed E-state index contributed by atoms with van der Waals surface area (Å²) < 4.78 is 41.1. The van der Waals surface area contributed by atoms with Crippen LogP contribution in [0.4, 0.5) is 4.39 Å². The molecule has 0 radical (unpaired) electrons. The van der Waals surface area contributed by atoms with Gasteiger partial charge in [0.15, 0.2) is 5.82 Å². The van der Waals surface area contributed by atoms with Gasteiger partial charge >= 0.3 is 0 Å². The topological polar surface area (TPSA) is 130 Å². The van der Waals surface area contributed by atoms with E-state index < -0.39 is 21.7 Å². The number of aromatic nitrogens is 4. The number of hydrogen-bond donors (Lipinski definition) is 3. The van der Waals surface area contributed by atoms with E-state index in [0.29, 0.717) is 23.4 Å². The molecule has 0 unspecified atom stereocenters. The average molecular weight is 481 g/mol. The van der Waals surface area contributed by atoms with Crippen LogP contribution < -0.4 is 10.0 Å². The fourth-order valence-corrected chi connectivity index (χ4v) is 4.26. The lowest BCUT2D eigenvalue weighted by molar-refractivity contribution is 0.0950. The number of benzene rings is 2. The number of nitrogens with zero attached hydrogens (tertiary/aromatic N) is 3. The minimum absolute atomic E-state index is 0.101. The van der Waals surface area contributed by atoms with Crippen molar-refractivity contribution in [2.75, 3.05) is 6.54 Å². The SMILES string of the molecule is O=C(NCc1cccc(S(=O)(=O)NCCc2c[nH]cn2)c1)c1cnc(-c2cccc(F)c2)nc1. The first-order valence-electron chi connectivity index (χ1n) is 10.3. The number of imidazole rings is 1. The molecule has 1 amide bonds. The van der Waals surface area contributed by atoms with Gasteiger partial charge in [0.05, 0.1) is 22.5 Å². The fourth-order valence-electron chi connectivity index (χ4n) is 3.15. The van der Waals surface area contributed by atoms with Crippen molar-refractivity contribution in [3.05, 3.63) is 96.1 Å². The molecule has 0 bridgehead atoms. The number of carbonyl (C=O) groups excluding carboxylic acids is 1. The van der Waals surface area contributed by atoms with Crippen LogP contribution in [0.15, 0.2) is 78.3 Å². The van der Waals surface area contributed by atoms with Gasteiger partial charge < -0.3 is 10.3 Å². The van der Waals surface area contributed by atoms with Gasteiger partial charge in [0, 0.05) is 43.7 Å². The van der Waals surface area contributed by atoms with Crippen molar-refractivity contribution < 1.29 is 17.6 Å². The molecule has 0 saturated carbocycles. The van der Waals surface area contributed by atoms with Crippen molar-refractivity contribution >= 4 is 15.9 Å². The first-order valence-corrected chi connectivity index (χ1v) is 11.8. The van der Waals surface area contributed by atoms with Crippen molar-refractivity contribution in [2.24, 2.45) is 0 Å².